The Morgan fingerprint density at radius 1 is 1.22 bits per heavy atom. The molecule has 0 aliphatic rings. The van der Waals surface area contributed by atoms with Gasteiger partial charge in [-0.1, -0.05) is 23.2 Å². The molecule has 0 aliphatic carbocycles. The summed E-state index contributed by atoms with van der Waals surface area (Å²) in [7, 11) is -4.10. The lowest BCUT2D eigenvalue weighted by Gasteiger charge is -2.28. The molecule has 1 heterocycles. The van der Waals surface area contributed by atoms with E-state index in [1.54, 1.807) is 0 Å². The fourth-order valence-electron chi connectivity index (χ4n) is 1.10. The number of nitrogens with one attached hydrogen (secondary N) is 1. The molecule has 10 heteroatoms. The largest absolute Gasteiger partial charge is 0.394 e. The molecule has 4 N–H and O–H groups in total. The average molecular weight is 336 g/mol. The van der Waals surface area contributed by atoms with Gasteiger partial charge in [-0.15, -0.1) is 11.3 Å². The van der Waals surface area contributed by atoms with Crippen LogP contribution in [0.5, 0.6) is 0 Å². The summed E-state index contributed by atoms with van der Waals surface area (Å²) in [4.78, 5) is -0.265. The van der Waals surface area contributed by atoms with Crippen molar-refractivity contribution >= 4 is 44.6 Å². The van der Waals surface area contributed by atoms with Crippen molar-refractivity contribution in [1.82, 2.24) is 4.72 Å². The van der Waals surface area contributed by atoms with Crippen molar-refractivity contribution in [3.05, 3.63) is 14.7 Å². The first-order valence-corrected chi connectivity index (χ1v) is 7.67. The summed E-state index contributed by atoms with van der Waals surface area (Å²) in [5.74, 6) is 0. The molecular formula is C8H11Cl2NO5S2. The molecule has 1 rings (SSSR count). The molecule has 0 atom stereocenters. The third-order valence-electron chi connectivity index (χ3n) is 2.17. The second-order valence-electron chi connectivity index (χ2n) is 3.55. The first kappa shape index (κ1) is 16.1. The lowest BCUT2D eigenvalue weighted by molar-refractivity contribution is 0.0582. The smallest absolute Gasteiger partial charge is 0.243 e. The highest BCUT2D eigenvalue weighted by molar-refractivity contribution is 7.89. The van der Waals surface area contributed by atoms with Crippen molar-refractivity contribution < 1.29 is 23.7 Å². The number of halogens is 2. The molecule has 0 spiro atoms. The zero-order valence-electron chi connectivity index (χ0n) is 8.93. The normalized spacial score (nSPS) is 12.9. The monoisotopic (exact) mass is 335 g/mol. The van der Waals surface area contributed by atoms with Crippen LogP contribution in [0.4, 0.5) is 0 Å². The van der Waals surface area contributed by atoms with Crippen LogP contribution in [0.15, 0.2) is 11.0 Å². The van der Waals surface area contributed by atoms with Gasteiger partial charge in [0, 0.05) is 0 Å². The SMILES string of the molecule is O=S(=O)(NC(CO)(CO)CO)c1cc(Cl)sc1Cl. The van der Waals surface area contributed by atoms with Gasteiger partial charge in [0.2, 0.25) is 10.0 Å². The molecule has 0 aromatic carbocycles. The molecule has 104 valence electrons. The van der Waals surface area contributed by atoms with Crippen molar-refractivity contribution in [2.24, 2.45) is 0 Å². The Bertz CT molecular complexity index is 503. The van der Waals surface area contributed by atoms with E-state index in [2.05, 4.69) is 0 Å². The van der Waals surface area contributed by atoms with E-state index in [-0.39, 0.29) is 13.6 Å². The Morgan fingerprint density at radius 2 is 1.72 bits per heavy atom. The van der Waals surface area contributed by atoms with Gasteiger partial charge in [0.25, 0.3) is 0 Å². The van der Waals surface area contributed by atoms with Crippen LogP contribution in [-0.4, -0.2) is 49.1 Å². The predicted molar refractivity (Wildman–Crippen MR) is 68.6 cm³/mol. The number of rotatable bonds is 6. The first-order valence-electron chi connectivity index (χ1n) is 4.61. The zero-order valence-corrected chi connectivity index (χ0v) is 12.1. The second kappa shape index (κ2) is 6.02. The van der Waals surface area contributed by atoms with Gasteiger partial charge in [0.15, 0.2) is 0 Å². The van der Waals surface area contributed by atoms with Crippen LogP contribution < -0.4 is 4.72 Å². The van der Waals surface area contributed by atoms with E-state index >= 15 is 0 Å². The Labute approximate surface area is 118 Å². The Morgan fingerprint density at radius 3 is 2.06 bits per heavy atom. The maximum Gasteiger partial charge on any atom is 0.243 e. The minimum absolute atomic E-state index is 0.0461. The molecule has 0 amide bonds. The van der Waals surface area contributed by atoms with Gasteiger partial charge in [-0.05, 0) is 6.07 Å². The Balaban J connectivity index is 3.12. The lowest BCUT2D eigenvalue weighted by atomic mass is 10.1. The van der Waals surface area contributed by atoms with E-state index in [1.165, 1.54) is 0 Å². The van der Waals surface area contributed by atoms with Gasteiger partial charge in [-0.3, -0.25) is 0 Å². The van der Waals surface area contributed by atoms with Gasteiger partial charge >= 0.3 is 0 Å². The highest BCUT2D eigenvalue weighted by atomic mass is 35.5. The number of sulfonamides is 1. The van der Waals surface area contributed by atoms with Crippen LogP contribution in [0, 0.1) is 0 Å². The van der Waals surface area contributed by atoms with Gasteiger partial charge < -0.3 is 15.3 Å². The van der Waals surface area contributed by atoms with Crippen LogP contribution in [0.2, 0.25) is 8.67 Å². The van der Waals surface area contributed by atoms with E-state index in [4.69, 9.17) is 38.5 Å². The van der Waals surface area contributed by atoms with Crippen LogP contribution in [0.1, 0.15) is 0 Å². The molecule has 1 aromatic heterocycles. The Hall–Kier alpha value is 0.0700. The number of aliphatic hydroxyl groups excluding tert-OH is 3. The third-order valence-corrected chi connectivity index (χ3v) is 5.51. The molecule has 0 saturated heterocycles. The lowest BCUT2D eigenvalue weighted by Crippen LogP contribution is -2.56. The summed E-state index contributed by atoms with van der Waals surface area (Å²) in [6.07, 6.45) is 0. The molecule has 0 aliphatic heterocycles. The summed E-state index contributed by atoms with van der Waals surface area (Å²) in [6, 6.07) is 1.15. The molecule has 6 nitrogen and oxygen atoms in total. The van der Waals surface area contributed by atoms with Gasteiger partial charge in [-0.2, -0.15) is 4.72 Å². The van der Waals surface area contributed by atoms with Crippen molar-refractivity contribution in [1.29, 1.82) is 0 Å². The highest BCUT2D eigenvalue weighted by Gasteiger charge is 2.35. The third kappa shape index (κ3) is 3.34. The van der Waals surface area contributed by atoms with Crippen molar-refractivity contribution in [3.63, 3.8) is 0 Å². The summed E-state index contributed by atoms with van der Waals surface area (Å²) < 4.78 is 26.1. The van der Waals surface area contributed by atoms with E-state index in [0.717, 1.165) is 17.4 Å². The van der Waals surface area contributed by atoms with Gasteiger partial charge in [-0.25, -0.2) is 8.42 Å². The van der Waals surface area contributed by atoms with Crippen LogP contribution in [0.3, 0.4) is 0 Å². The van der Waals surface area contributed by atoms with Crippen LogP contribution in [-0.2, 0) is 10.0 Å². The summed E-state index contributed by atoms with van der Waals surface area (Å²) >= 11 is 12.2. The highest BCUT2D eigenvalue weighted by Crippen LogP contribution is 2.34. The van der Waals surface area contributed by atoms with E-state index in [9.17, 15) is 8.42 Å². The number of thiophene rings is 1. The molecule has 0 radical (unpaired) electrons. The minimum atomic E-state index is -4.10. The molecular weight excluding hydrogens is 325 g/mol. The number of hydrogen-bond donors (Lipinski definition) is 4. The summed E-state index contributed by atoms with van der Waals surface area (Å²) in [5, 5.41) is 27.2. The van der Waals surface area contributed by atoms with Crippen molar-refractivity contribution in [2.45, 2.75) is 10.4 Å². The number of hydrogen-bond acceptors (Lipinski definition) is 6. The summed E-state index contributed by atoms with van der Waals surface area (Å²) in [5.41, 5.74) is -1.75. The molecule has 1 aromatic rings. The minimum Gasteiger partial charge on any atom is -0.394 e. The van der Waals surface area contributed by atoms with Gasteiger partial charge in [0.05, 0.1) is 24.2 Å². The second-order valence-corrected chi connectivity index (χ2v) is 7.49. The topological polar surface area (TPSA) is 107 Å². The van der Waals surface area contributed by atoms with Crippen LogP contribution in [0.25, 0.3) is 0 Å². The molecule has 0 unspecified atom stereocenters. The molecule has 0 fully saturated rings. The standard InChI is InChI=1S/C8H11Cl2NO5S2/c9-6-1-5(7(10)17-6)18(15,16)11-8(2-12,3-13)4-14/h1,11-14H,2-4H2. The molecule has 18 heavy (non-hydrogen) atoms. The van der Waals surface area contributed by atoms with Crippen molar-refractivity contribution in [2.75, 3.05) is 19.8 Å². The van der Waals surface area contributed by atoms with Crippen LogP contribution >= 0.6 is 34.5 Å². The zero-order chi connectivity index (χ0) is 14.0. The molecule has 0 saturated carbocycles. The summed E-state index contributed by atoms with van der Waals surface area (Å²) in [6.45, 7) is -2.31. The van der Waals surface area contributed by atoms with E-state index in [0.29, 0.717) is 0 Å². The maximum absolute atomic E-state index is 12.0. The van der Waals surface area contributed by atoms with E-state index in [1.807, 2.05) is 4.72 Å². The fraction of sp³-hybridized carbons (Fsp3) is 0.500. The van der Waals surface area contributed by atoms with Gasteiger partial charge in [0.1, 0.15) is 14.8 Å². The first-order chi connectivity index (χ1) is 8.30. The number of aliphatic hydroxyl groups is 3. The predicted octanol–water partition coefficient (Wildman–Crippen LogP) is 0.0489. The maximum atomic E-state index is 12.0. The fourth-order valence-corrected chi connectivity index (χ4v) is 4.62. The van der Waals surface area contributed by atoms with E-state index < -0.39 is 35.4 Å². The molecule has 0 bridgehead atoms. The average Bonchev–Trinajstić information content (AvgIpc) is 2.66. The quantitative estimate of drug-likeness (QED) is 0.587. The van der Waals surface area contributed by atoms with Crippen molar-refractivity contribution in [3.8, 4) is 0 Å². The Kier molecular flexibility index (Phi) is 5.39.